The van der Waals surface area contributed by atoms with Gasteiger partial charge in [0.05, 0.1) is 30.9 Å². The van der Waals surface area contributed by atoms with Gasteiger partial charge >= 0.3 is 0 Å². The lowest BCUT2D eigenvalue weighted by Gasteiger charge is -2.41. The van der Waals surface area contributed by atoms with E-state index in [1.807, 2.05) is 66.2 Å². The fourth-order valence-corrected chi connectivity index (χ4v) is 4.69. The minimum atomic E-state index is -0.763. The van der Waals surface area contributed by atoms with Crippen LogP contribution < -0.4 is 9.47 Å². The summed E-state index contributed by atoms with van der Waals surface area (Å²) in [5.41, 5.74) is 4.29. The lowest BCUT2D eigenvalue weighted by atomic mass is 9.92. The van der Waals surface area contributed by atoms with Crippen molar-refractivity contribution in [1.29, 1.82) is 0 Å². The molecule has 0 aliphatic carbocycles. The van der Waals surface area contributed by atoms with Gasteiger partial charge in [0.1, 0.15) is 24.2 Å². The Balaban J connectivity index is 1.45. The van der Waals surface area contributed by atoms with E-state index in [0.29, 0.717) is 18.7 Å². The quantitative estimate of drug-likeness (QED) is 0.620. The minimum Gasteiger partial charge on any atom is -0.495 e. The molecule has 170 valence electrons. The molecule has 33 heavy (non-hydrogen) atoms. The summed E-state index contributed by atoms with van der Waals surface area (Å²) >= 11 is 0. The van der Waals surface area contributed by atoms with Crippen molar-refractivity contribution in [3.63, 3.8) is 0 Å². The third kappa shape index (κ3) is 4.00. The maximum Gasteiger partial charge on any atom is 0.250 e. The molecule has 1 N–H and O–H groups in total. The van der Waals surface area contributed by atoms with Crippen molar-refractivity contribution in [2.45, 2.75) is 31.9 Å². The van der Waals surface area contributed by atoms with E-state index < -0.39 is 12.1 Å². The predicted molar refractivity (Wildman–Crippen MR) is 124 cm³/mol. The molecule has 3 heterocycles. The summed E-state index contributed by atoms with van der Waals surface area (Å²) in [5.74, 6) is 1.39. The number of methoxy groups -OCH3 is 1. The van der Waals surface area contributed by atoms with E-state index in [-0.39, 0.29) is 12.5 Å². The molecule has 2 atom stereocenters. The highest BCUT2D eigenvalue weighted by atomic mass is 16.5. The number of likely N-dealkylation sites (tertiary alicyclic amines) is 1. The van der Waals surface area contributed by atoms with E-state index in [1.165, 1.54) is 0 Å². The SMILES string of the molecule is COc1cc(/C=C2\CCCN([C@H]3c4ccccc4OC[C@H]3O)C2=O)ccc1-n1cnc(C)c1. The summed E-state index contributed by atoms with van der Waals surface area (Å²) in [7, 11) is 1.64. The lowest BCUT2D eigenvalue weighted by molar-refractivity contribution is -0.135. The Labute approximate surface area is 192 Å². The van der Waals surface area contributed by atoms with Crippen LogP contribution in [0.2, 0.25) is 0 Å². The molecule has 3 aromatic rings. The van der Waals surface area contributed by atoms with E-state index in [2.05, 4.69) is 4.98 Å². The Bertz CT molecular complexity index is 1220. The number of benzene rings is 2. The van der Waals surface area contributed by atoms with Crippen LogP contribution in [0.5, 0.6) is 11.5 Å². The Morgan fingerprint density at radius 1 is 1.24 bits per heavy atom. The molecule has 2 aromatic carbocycles. The molecule has 0 unspecified atom stereocenters. The number of carbonyl (C=O) groups is 1. The van der Waals surface area contributed by atoms with Gasteiger partial charge < -0.3 is 24.0 Å². The first-order valence-corrected chi connectivity index (χ1v) is 11.2. The average Bonchev–Trinajstić information content (AvgIpc) is 3.26. The van der Waals surface area contributed by atoms with Gasteiger partial charge in [-0.3, -0.25) is 4.79 Å². The van der Waals surface area contributed by atoms with Crippen LogP contribution in [0.1, 0.15) is 35.7 Å². The molecule has 2 aliphatic heterocycles. The molecule has 7 heteroatoms. The average molecular weight is 446 g/mol. The first kappa shape index (κ1) is 21.3. The molecule has 1 amide bonds. The number of aliphatic hydroxyl groups excluding tert-OH is 1. The van der Waals surface area contributed by atoms with Crippen LogP contribution in [0.3, 0.4) is 0 Å². The van der Waals surface area contributed by atoms with Gasteiger partial charge in [-0.25, -0.2) is 4.98 Å². The number of fused-ring (bicyclic) bond motifs is 1. The largest absolute Gasteiger partial charge is 0.495 e. The van der Waals surface area contributed by atoms with Crippen molar-refractivity contribution in [1.82, 2.24) is 14.5 Å². The highest BCUT2D eigenvalue weighted by Crippen LogP contribution is 2.38. The van der Waals surface area contributed by atoms with Crippen LogP contribution in [0, 0.1) is 6.92 Å². The summed E-state index contributed by atoms with van der Waals surface area (Å²) in [6.45, 7) is 2.72. The van der Waals surface area contributed by atoms with Gasteiger partial charge in [0.15, 0.2) is 0 Å². The second-order valence-corrected chi connectivity index (χ2v) is 8.49. The number of carbonyl (C=O) groups excluding carboxylic acids is 1. The van der Waals surface area contributed by atoms with Crippen molar-refractivity contribution in [2.24, 2.45) is 0 Å². The van der Waals surface area contributed by atoms with Crippen LogP contribution in [0.25, 0.3) is 11.8 Å². The zero-order valence-electron chi connectivity index (χ0n) is 18.8. The molecule has 0 saturated carbocycles. The highest BCUT2D eigenvalue weighted by molar-refractivity contribution is 5.99. The van der Waals surface area contributed by atoms with E-state index in [4.69, 9.17) is 9.47 Å². The van der Waals surface area contributed by atoms with Crippen LogP contribution in [0.15, 0.2) is 60.6 Å². The van der Waals surface area contributed by atoms with Crippen LogP contribution in [0.4, 0.5) is 0 Å². The standard InChI is InChI=1S/C26H27N3O4/c1-17-14-28(16-27-17)21-10-9-18(13-24(21)32-2)12-19-6-5-11-29(26(19)31)25-20-7-3-4-8-23(20)33-15-22(25)30/h3-4,7-10,12-14,16,22,25,30H,5-6,11,15H2,1-2H3/b19-12+/t22-,25+/m1/s1. The molecular weight excluding hydrogens is 418 g/mol. The number of rotatable bonds is 4. The number of piperidine rings is 1. The lowest BCUT2D eigenvalue weighted by Crippen LogP contribution is -2.47. The zero-order valence-corrected chi connectivity index (χ0v) is 18.8. The van der Waals surface area contributed by atoms with E-state index in [0.717, 1.165) is 40.3 Å². The number of imidazole rings is 1. The van der Waals surface area contributed by atoms with Crippen molar-refractivity contribution in [3.05, 3.63) is 77.4 Å². The second kappa shape index (κ2) is 8.75. The number of aliphatic hydroxyl groups is 1. The fourth-order valence-electron chi connectivity index (χ4n) is 4.69. The molecule has 1 saturated heterocycles. The summed E-state index contributed by atoms with van der Waals surface area (Å²) < 4.78 is 13.2. The molecule has 0 bridgehead atoms. The number of nitrogens with zero attached hydrogens (tertiary/aromatic N) is 3. The van der Waals surface area contributed by atoms with Crippen molar-refractivity contribution in [3.8, 4) is 17.2 Å². The second-order valence-electron chi connectivity index (χ2n) is 8.49. The van der Waals surface area contributed by atoms with Crippen LogP contribution in [-0.4, -0.2) is 51.8 Å². The van der Waals surface area contributed by atoms with Crippen LogP contribution >= 0.6 is 0 Å². The maximum atomic E-state index is 13.5. The molecule has 0 spiro atoms. The Morgan fingerprint density at radius 3 is 2.88 bits per heavy atom. The van der Waals surface area contributed by atoms with E-state index >= 15 is 0 Å². The monoisotopic (exact) mass is 445 g/mol. The minimum absolute atomic E-state index is 0.0460. The first-order chi connectivity index (χ1) is 16.0. The highest BCUT2D eigenvalue weighted by Gasteiger charge is 2.38. The number of para-hydroxylation sites is 1. The van der Waals surface area contributed by atoms with Crippen molar-refractivity contribution >= 4 is 12.0 Å². The van der Waals surface area contributed by atoms with E-state index in [1.54, 1.807) is 18.3 Å². The third-order valence-corrected chi connectivity index (χ3v) is 6.26. The first-order valence-electron chi connectivity index (χ1n) is 11.2. The fraction of sp³-hybridized carbons (Fsp3) is 0.308. The summed E-state index contributed by atoms with van der Waals surface area (Å²) in [5, 5.41) is 10.7. The Kier molecular flexibility index (Phi) is 5.64. The topological polar surface area (TPSA) is 76.8 Å². The normalized spacial score (nSPS) is 21.6. The smallest absolute Gasteiger partial charge is 0.250 e. The van der Waals surface area contributed by atoms with Crippen molar-refractivity contribution in [2.75, 3.05) is 20.3 Å². The number of aromatic nitrogens is 2. The Morgan fingerprint density at radius 2 is 2.09 bits per heavy atom. The van der Waals surface area contributed by atoms with E-state index in [9.17, 15) is 9.90 Å². The number of hydrogen-bond donors (Lipinski definition) is 1. The molecular formula is C26H27N3O4. The Hall–Kier alpha value is -3.58. The van der Waals surface area contributed by atoms with Gasteiger partial charge in [0.25, 0.3) is 0 Å². The molecule has 0 radical (unpaired) electrons. The van der Waals surface area contributed by atoms with Gasteiger partial charge in [-0.05, 0) is 49.6 Å². The number of ether oxygens (including phenoxy) is 2. The predicted octanol–water partition coefficient (Wildman–Crippen LogP) is 3.69. The van der Waals surface area contributed by atoms with Gasteiger partial charge in [0, 0.05) is 23.9 Å². The molecule has 7 nitrogen and oxygen atoms in total. The molecule has 1 aromatic heterocycles. The molecule has 1 fully saturated rings. The molecule has 2 aliphatic rings. The molecule has 5 rings (SSSR count). The van der Waals surface area contributed by atoms with Gasteiger partial charge in [-0.15, -0.1) is 0 Å². The number of hydrogen-bond acceptors (Lipinski definition) is 5. The number of amides is 1. The maximum absolute atomic E-state index is 13.5. The summed E-state index contributed by atoms with van der Waals surface area (Å²) in [6, 6.07) is 13.1. The van der Waals surface area contributed by atoms with Gasteiger partial charge in [0.2, 0.25) is 5.91 Å². The van der Waals surface area contributed by atoms with Gasteiger partial charge in [-0.2, -0.15) is 0 Å². The number of aryl methyl sites for hydroxylation is 1. The summed E-state index contributed by atoms with van der Waals surface area (Å²) in [6.07, 6.45) is 6.40. The van der Waals surface area contributed by atoms with Crippen LogP contribution in [-0.2, 0) is 4.79 Å². The summed E-state index contributed by atoms with van der Waals surface area (Å²) in [4.78, 5) is 19.6. The third-order valence-electron chi connectivity index (χ3n) is 6.26. The van der Waals surface area contributed by atoms with Crippen molar-refractivity contribution < 1.29 is 19.4 Å². The zero-order chi connectivity index (χ0) is 22.9. The van der Waals surface area contributed by atoms with Gasteiger partial charge in [-0.1, -0.05) is 24.3 Å².